The Hall–Kier alpha value is -3.55. The van der Waals surface area contributed by atoms with Gasteiger partial charge in [0, 0.05) is 16.8 Å². The van der Waals surface area contributed by atoms with Crippen molar-refractivity contribution in [3.63, 3.8) is 0 Å². The summed E-state index contributed by atoms with van der Waals surface area (Å²) in [5, 5.41) is 11.9. The number of ketones is 1. The van der Waals surface area contributed by atoms with Gasteiger partial charge in [-0.2, -0.15) is 0 Å². The number of aliphatic hydroxyl groups is 1. The number of hydrogen-bond donors (Lipinski definition) is 1. The quantitative estimate of drug-likeness (QED) is 0.255. The molecule has 32 heavy (non-hydrogen) atoms. The maximum absolute atomic E-state index is 13.2. The van der Waals surface area contributed by atoms with Crippen LogP contribution in [0.3, 0.4) is 0 Å². The molecule has 2 aromatic heterocycles. The molecule has 4 aromatic rings. The van der Waals surface area contributed by atoms with E-state index in [1.807, 2.05) is 13.0 Å². The Labute approximate surface area is 192 Å². The minimum atomic E-state index is -0.909. The number of aromatic nitrogens is 2. The fraction of sp³-hybridized carbons (Fsp3) is 0.0833. The van der Waals surface area contributed by atoms with E-state index in [-0.39, 0.29) is 11.3 Å². The van der Waals surface area contributed by atoms with E-state index in [1.54, 1.807) is 60.8 Å². The number of carbonyl (C=O) groups is 2. The maximum atomic E-state index is 13.2. The minimum absolute atomic E-state index is 0.0200. The number of rotatable bonds is 3. The highest BCUT2D eigenvalue weighted by Crippen LogP contribution is 2.44. The van der Waals surface area contributed by atoms with Crippen LogP contribution >= 0.6 is 22.9 Å². The molecular weight excluding hydrogens is 446 g/mol. The summed E-state index contributed by atoms with van der Waals surface area (Å²) < 4.78 is 0.839. The summed E-state index contributed by atoms with van der Waals surface area (Å²) in [6.07, 6.45) is 1.58. The average Bonchev–Trinajstić information content (AvgIpc) is 3.32. The second-order valence-corrected chi connectivity index (χ2v) is 8.77. The molecule has 1 aliphatic heterocycles. The summed E-state index contributed by atoms with van der Waals surface area (Å²) in [5.74, 6) is -1.79. The molecule has 0 spiro atoms. The molecule has 1 aliphatic rings. The lowest BCUT2D eigenvalue weighted by molar-refractivity contribution is -0.132. The topological polar surface area (TPSA) is 83.4 Å². The molecule has 3 heterocycles. The van der Waals surface area contributed by atoms with Crippen molar-refractivity contribution in [1.29, 1.82) is 0 Å². The molecule has 5 rings (SSSR count). The van der Waals surface area contributed by atoms with Crippen molar-refractivity contribution in [2.45, 2.75) is 13.0 Å². The summed E-state index contributed by atoms with van der Waals surface area (Å²) in [6, 6.07) is 16.6. The summed E-state index contributed by atoms with van der Waals surface area (Å²) in [4.78, 5) is 36.6. The Morgan fingerprint density at radius 1 is 1.09 bits per heavy atom. The van der Waals surface area contributed by atoms with Gasteiger partial charge in [0.1, 0.15) is 11.8 Å². The number of amides is 1. The first-order valence-corrected chi connectivity index (χ1v) is 11.0. The number of nitrogens with zero attached hydrogens (tertiary/aromatic N) is 3. The minimum Gasteiger partial charge on any atom is -0.507 e. The monoisotopic (exact) mass is 461 g/mol. The van der Waals surface area contributed by atoms with Gasteiger partial charge in [0.05, 0.1) is 21.5 Å². The van der Waals surface area contributed by atoms with Gasteiger partial charge in [-0.15, -0.1) is 0 Å². The summed E-state index contributed by atoms with van der Waals surface area (Å²) in [7, 11) is 0. The molecule has 8 heteroatoms. The van der Waals surface area contributed by atoms with Crippen LogP contribution in [0.2, 0.25) is 5.02 Å². The number of thiazole rings is 1. The van der Waals surface area contributed by atoms with Crippen LogP contribution in [-0.2, 0) is 9.59 Å². The van der Waals surface area contributed by atoms with Gasteiger partial charge in [-0.3, -0.25) is 19.5 Å². The highest BCUT2D eigenvalue weighted by atomic mass is 35.5. The van der Waals surface area contributed by atoms with E-state index < -0.39 is 17.7 Å². The number of halogens is 1. The molecule has 2 aromatic carbocycles. The molecule has 0 radical (unpaired) electrons. The van der Waals surface area contributed by atoms with Crippen molar-refractivity contribution in [1.82, 2.24) is 9.97 Å². The normalized spacial score (nSPS) is 17.9. The third-order valence-electron chi connectivity index (χ3n) is 5.32. The van der Waals surface area contributed by atoms with Crippen molar-refractivity contribution >= 4 is 55.7 Å². The first-order valence-electron chi connectivity index (χ1n) is 9.79. The Bertz CT molecular complexity index is 1360. The van der Waals surface area contributed by atoms with Crippen LogP contribution in [0.15, 0.2) is 72.4 Å². The van der Waals surface area contributed by atoms with Gasteiger partial charge < -0.3 is 5.11 Å². The van der Waals surface area contributed by atoms with Crippen molar-refractivity contribution in [2.75, 3.05) is 4.90 Å². The number of anilines is 1. The molecule has 1 N–H and O–H groups in total. The van der Waals surface area contributed by atoms with Gasteiger partial charge in [-0.05, 0) is 36.8 Å². The van der Waals surface area contributed by atoms with Crippen LogP contribution in [-0.4, -0.2) is 26.8 Å². The predicted molar refractivity (Wildman–Crippen MR) is 125 cm³/mol. The molecule has 1 atom stereocenters. The van der Waals surface area contributed by atoms with Crippen molar-refractivity contribution < 1.29 is 14.7 Å². The lowest BCUT2D eigenvalue weighted by Gasteiger charge is -2.21. The summed E-state index contributed by atoms with van der Waals surface area (Å²) in [6.45, 7) is 1.89. The molecular formula is C24H16ClN3O3S. The number of Topliss-reactive ketones (excluding diaryl/α,β-unsaturated/α-hetero) is 1. The second-order valence-electron chi connectivity index (χ2n) is 7.36. The summed E-state index contributed by atoms with van der Waals surface area (Å²) in [5.41, 5.74) is 2.40. The van der Waals surface area contributed by atoms with Gasteiger partial charge in [0.2, 0.25) is 0 Å². The molecule has 0 saturated carbocycles. The number of benzene rings is 2. The van der Waals surface area contributed by atoms with Crippen LogP contribution in [0, 0.1) is 6.92 Å². The fourth-order valence-electron chi connectivity index (χ4n) is 3.74. The zero-order valence-electron chi connectivity index (χ0n) is 16.8. The lowest BCUT2D eigenvalue weighted by Crippen LogP contribution is -2.29. The van der Waals surface area contributed by atoms with E-state index in [0.29, 0.717) is 26.9 Å². The smallest absolute Gasteiger partial charge is 0.301 e. The molecule has 158 valence electrons. The highest BCUT2D eigenvalue weighted by molar-refractivity contribution is 7.22. The van der Waals surface area contributed by atoms with Crippen molar-refractivity contribution in [3.8, 4) is 0 Å². The molecule has 6 nitrogen and oxygen atoms in total. The first kappa shape index (κ1) is 20.4. The standard InChI is InChI=1S/C24H16ClN3O3S/c1-13-11-18-17(12-15(13)25)27-24(32-18)28-20(16-9-5-6-10-26-16)19(22(30)23(28)31)21(29)14-7-3-2-4-8-14/h2-12,20,29H,1H3/b21-19+. The van der Waals surface area contributed by atoms with Gasteiger partial charge in [0.15, 0.2) is 5.13 Å². The Morgan fingerprint density at radius 3 is 2.56 bits per heavy atom. The van der Waals surface area contributed by atoms with E-state index in [0.717, 1.165) is 10.3 Å². The van der Waals surface area contributed by atoms with E-state index >= 15 is 0 Å². The third kappa shape index (κ3) is 3.26. The van der Waals surface area contributed by atoms with Gasteiger partial charge in [-0.25, -0.2) is 4.98 Å². The molecule has 1 amide bonds. The zero-order valence-corrected chi connectivity index (χ0v) is 18.4. The van der Waals surface area contributed by atoms with E-state index in [9.17, 15) is 14.7 Å². The molecule has 1 unspecified atom stereocenters. The number of aliphatic hydroxyl groups excluding tert-OH is 1. The van der Waals surface area contributed by atoms with Gasteiger partial charge >= 0.3 is 5.91 Å². The van der Waals surface area contributed by atoms with Gasteiger partial charge in [-0.1, -0.05) is 59.3 Å². The zero-order chi connectivity index (χ0) is 22.4. The third-order valence-corrected chi connectivity index (χ3v) is 6.75. The number of carbonyl (C=O) groups excluding carboxylic acids is 2. The van der Waals surface area contributed by atoms with E-state index in [2.05, 4.69) is 9.97 Å². The number of pyridine rings is 1. The Balaban J connectivity index is 1.73. The van der Waals surface area contributed by atoms with Crippen LogP contribution in [0.4, 0.5) is 5.13 Å². The van der Waals surface area contributed by atoms with Crippen LogP contribution in [0.25, 0.3) is 16.0 Å². The number of fused-ring (bicyclic) bond motifs is 1. The van der Waals surface area contributed by atoms with Crippen LogP contribution in [0.5, 0.6) is 0 Å². The van der Waals surface area contributed by atoms with E-state index in [4.69, 9.17) is 11.6 Å². The molecule has 1 fully saturated rings. The number of hydrogen-bond acceptors (Lipinski definition) is 6. The fourth-order valence-corrected chi connectivity index (χ4v) is 4.97. The first-order chi connectivity index (χ1) is 15.5. The van der Waals surface area contributed by atoms with Crippen LogP contribution < -0.4 is 4.90 Å². The summed E-state index contributed by atoms with van der Waals surface area (Å²) >= 11 is 7.53. The van der Waals surface area contributed by atoms with Crippen LogP contribution in [0.1, 0.15) is 22.9 Å². The Kier molecular flexibility index (Phi) is 5.00. The van der Waals surface area contributed by atoms with Gasteiger partial charge in [0.25, 0.3) is 5.78 Å². The molecule has 1 saturated heterocycles. The maximum Gasteiger partial charge on any atom is 0.301 e. The molecule has 0 bridgehead atoms. The average molecular weight is 462 g/mol. The molecule has 0 aliphatic carbocycles. The lowest BCUT2D eigenvalue weighted by atomic mass is 9.98. The van der Waals surface area contributed by atoms with E-state index in [1.165, 1.54) is 16.2 Å². The van der Waals surface area contributed by atoms with Crippen molar-refractivity contribution in [3.05, 3.63) is 94.3 Å². The number of aryl methyl sites for hydroxylation is 1. The highest BCUT2D eigenvalue weighted by Gasteiger charge is 2.48. The largest absolute Gasteiger partial charge is 0.507 e. The second kappa shape index (κ2) is 7.85. The Morgan fingerprint density at radius 2 is 1.84 bits per heavy atom. The van der Waals surface area contributed by atoms with Crippen molar-refractivity contribution in [2.24, 2.45) is 0 Å². The SMILES string of the molecule is Cc1cc2sc(N3C(=O)C(=O)/C(=C(/O)c4ccccc4)C3c3ccccn3)nc2cc1Cl. The predicted octanol–water partition coefficient (Wildman–Crippen LogP) is 5.28.